The average Bonchev–Trinajstić information content (AvgIpc) is 2.67. The highest BCUT2D eigenvalue weighted by Crippen LogP contribution is 2.13. The van der Waals surface area contributed by atoms with Crippen LogP contribution in [0.25, 0.3) is 0 Å². The highest BCUT2D eigenvalue weighted by Gasteiger charge is 2.10. The first-order valence-electron chi connectivity index (χ1n) is 8.78. The van der Waals surface area contributed by atoms with E-state index in [4.69, 9.17) is 0 Å². The molecule has 2 amide bonds. The van der Waals surface area contributed by atoms with Crippen LogP contribution in [0.15, 0.2) is 48.5 Å². The van der Waals surface area contributed by atoms with Crippen molar-refractivity contribution in [3.05, 3.63) is 65.2 Å². The van der Waals surface area contributed by atoms with Crippen molar-refractivity contribution in [2.45, 2.75) is 20.3 Å². The van der Waals surface area contributed by atoms with Gasteiger partial charge in [0.05, 0.1) is 12.7 Å². The molecule has 2 aromatic rings. The zero-order chi connectivity index (χ0) is 19.8. The number of carbonyl (C=O) groups excluding carboxylic acids is 3. The van der Waals surface area contributed by atoms with Crippen molar-refractivity contribution in [1.29, 1.82) is 0 Å². The molecule has 0 bridgehead atoms. The Labute approximate surface area is 158 Å². The van der Waals surface area contributed by atoms with Gasteiger partial charge in [-0.25, -0.2) is 4.79 Å². The minimum absolute atomic E-state index is 0.152. The van der Waals surface area contributed by atoms with Gasteiger partial charge >= 0.3 is 5.97 Å². The molecule has 0 aliphatic carbocycles. The number of methoxy groups -OCH3 is 1. The van der Waals surface area contributed by atoms with Crippen molar-refractivity contribution in [3.8, 4) is 0 Å². The van der Waals surface area contributed by atoms with Gasteiger partial charge in [0.15, 0.2) is 0 Å². The molecule has 0 spiro atoms. The summed E-state index contributed by atoms with van der Waals surface area (Å²) in [4.78, 5) is 35.8. The van der Waals surface area contributed by atoms with E-state index in [1.807, 2.05) is 0 Å². The van der Waals surface area contributed by atoms with Crippen molar-refractivity contribution in [1.82, 2.24) is 5.32 Å². The summed E-state index contributed by atoms with van der Waals surface area (Å²) in [6, 6.07) is 12.9. The summed E-state index contributed by atoms with van der Waals surface area (Å²) in [5, 5.41) is 5.61. The molecule has 2 rings (SSSR count). The first-order valence-corrected chi connectivity index (χ1v) is 8.78. The summed E-state index contributed by atoms with van der Waals surface area (Å²) in [5.41, 5.74) is 1.91. The lowest BCUT2D eigenvalue weighted by Crippen LogP contribution is -2.25. The van der Waals surface area contributed by atoms with Gasteiger partial charge in [0.2, 0.25) is 0 Å². The zero-order valence-corrected chi connectivity index (χ0v) is 15.7. The summed E-state index contributed by atoms with van der Waals surface area (Å²) in [6.45, 7) is 4.82. The summed E-state index contributed by atoms with van der Waals surface area (Å²) in [7, 11) is 1.31. The van der Waals surface area contributed by atoms with Crippen LogP contribution >= 0.6 is 0 Å². The van der Waals surface area contributed by atoms with Crippen LogP contribution in [0.2, 0.25) is 0 Å². The standard InChI is InChI=1S/C21H24N2O4/c1-14(2)12-13-22-19(24)15-4-6-16(7-5-15)20(25)23-18-10-8-17(9-11-18)21(26)27-3/h4-11,14H,12-13H2,1-3H3,(H,22,24)(H,23,25). The number of hydrogen-bond donors (Lipinski definition) is 2. The Morgan fingerprint density at radius 1 is 0.852 bits per heavy atom. The van der Waals surface area contributed by atoms with Crippen LogP contribution in [0.1, 0.15) is 51.3 Å². The Morgan fingerprint density at radius 3 is 1.89 bits per heavy atom. The summed E-state index contributed by atoms with van der Waals surface area (Å²) < 4.78 is 4.63. The number of carbonyl (C=O) groups is 3. The molecule has 27 heavy (non-hydrogen) atoms. The van der Waals surface area contributed by atoms with Crippen LogP contribution < -0.4 is 10.6 Å². The second-order valence-corrected chi connectivity index (χ2v) is 6.54. The predicted octanol–water partition coefficient (Wildman–Crippen LogP) is 3.50. The van der Waals surface area contributed by atoms with Crippen molar-refractivity contribution < 1.29 is 19.1 Å². The van der Waals surface area contributed by atoms with Crippen LogP contribution in [0.5, 0.6) is 0 Å². The molecule has 2 aromatic carbocycles. The molecule has 2 N–H and O–H groups in total. The number of ether oxygens (including phenoxy) is 1. The van der Waals surface area contributed by atoms with Crippen molar-refractivity contribution in [2.75, 3.05) is 19.0 Å². The van der Waals surface area contributed by atoms with Gasteiger partial charge in [-0.15, -0.1) is 0 Å². The molecule has 0 aliphatic rings. The maximum absolute atomic E-state index is 12.3. The number of benzene rings is 2. The van der Waals surface area contributed by atoms with Gasteiger partial charge in [-0.1, -0.05) is 13.8 Å². The number of hydrogen-bond acceptors (Lipinski definition) is 4. The van der Waals surface area contributed by atoms with Gasteiger partial charge in [-0.05, 0) is 60.9 Å². The van der Waals surface area contributed by atoms with Gasteiger partial charge in [-0.2, -0.15) is 0 Å². The Morgan fingerprint density at radius 2 is 1.37 bits per heavy atom. The molecule has 0 aliphatic heterocycles. The molecule has 0 heterocycles. The summed E-state index contributed by atoms with van der Waals surface area (Å²) in [6.07, 6.45) is 0.918. The topological polar surface area (TPSA) is 84.5 Å². The van der Waals surface area contributed by atoms with E-state index < -0.39 is 5.97 Å². The van der Waals surface area contributed by atoms with Gasteiger partial charge in [0.1, 0.15) is 0 Å². The van der Waals surface area contributed by atoms with E-state index >= 15 is 0 Å². The number of anilines is 1. The zero-order valence-electron chi connectivity index (χ0n) is 15.7. The van der Waals surface area contributed by atoms with Crippen LogP contribution in [0.4, 0.5) is 5.69 Å². The quantitative estimate of drug-likeness (QED) is 0.733. The highest BCUT2D eigenvalue weighted by molar-refractivity contribution is 6.05. The molecule has 0 aromatic heterocycles. The molecule has 0 radical (unpaired) electrons. The van der Waals surface area contributed by atoms with Gasteiger partial charge in [-0.3, -0.25) is 9.59 Å². The number of nitrogens with one attached hydrogen (secondary N) is 2. The second kappa shape index (κ2) is 9.52. The fourth-order valence-electron chi connectivity index (χ4n) is 2.36. The molecule has 0 saturated heterocycles. The third kappa shape index (κ3) is 5.95. The van der Waals surface area contributed by atoms with E-state index in [9.17, 15) is 14.4 Å². The lowest BCUT2D eigenvalue weighted by molar-refractivity contribution is 0.0600. The maximum atomic E-state index is 12.3. The second-order valence-electron chi connectivity index (χ2n) is 6.54. The van der Waals surface area contributed by atoms with E-state index in [0.29, 0.717) is 34.8 Å². The Kier molecular flexibility index (Phi) is 7.11. The number of esters is 1. The lowest BCUT2D eigenvalue weighted by atomic mass is 10.1. The number of amides is 2. The smallest absolute Gasteiger partial charge is 0.337 e. The average molecular weight is 368 g/mol. The van der Waals surface area contributed by atoms with Gasteiger partial charge in [0, 0.05) is 23.4 Å². The molecule has 142 valence electrons. The van der Waals surface area contributed by atoms with E-state index in [2.05, 4.69) is 29.2 Å². The molecule has 0 atom stereocenters. The summed E-state index contributed by atoms with van der Waals surface area (Å²) in [5.74, 6) is -0.359. The minimum Gasteiger partial charge on any atom is -0.465 e. The van der Waals surface area contributed by atoms with Crippen molar-refractivity contribution in [2.24, 2.45) is 5.92 Å². The van der Waals surface area contributed by atoms with Crippen LogP contribution in [-0.2, 0) is 4.74 Å². The van der Waals surface area contributed by atoms with Crippen LogP contribution in [-0.4, -0.2) is 31.4 Å². The fraction of sp³-hybridized carbons (Fsp3) is 0.286. The SMILES string of the molecule is COC(=O)c1ccc(NC(=O)c2ccc(C(=O)NCCC(C)C)cc2)cc1. The minimum atomic E-state index is -0.435. The molecule has 6 heteroatoms. The first-order chi connectivity index (χ1) is 12.9. The van der Waals surface area contributed by atoms with Gasteiger partial charge in [0.25, 0.3) is 11.8 Å². The largest absolute Gasteiger partial charge is 0.465 e. The Bertz CT molecular complexity index is 796. The Balaban J connectivity index is 1.95. The molecule has 0 unspecified atom stereocenters. The van der Waals surface area contributed by atoms with E-state index in [-0.39, 0.29) is 11.8 Å². The normalized spacial score (nSPS) is 10.4. The third-order valence-electron chi connectivity index (χ3n) is 3.98. The lowest BCUT2D eigenvalue weighted by Gasteiger charge is -2.09. The molecule has 0 fully saturated rings. The van der Waals surface area contributed by atoms with E-state index in [0.717, 1.165) is 6.42 Å². The molecule has 6 nitrogen and oxygen atoms in total. The van der Waals surface area contributed by atoms with Crippen molar-refractivity contribution >= 4 is 23.5 Å². The van der Waals surface area contributed by atoms with E-state index in [1.54, 1.807) is 48.5 Å². The van der Waals surface area contributed by atoms with Crippen LogP contribution in [0, 0.1) is 5.92 Å². The predicted molar refractivity (Wildman–Crippen MR) is 104 cm³/mol. The van der Waals surface area contributed by atoms with Crippen molar-refractivity contribution in [3.63, 3.8) is 0 Å². The third-order valence-corrected chi connectivity index (χ3v) is 3.98. The van der Waals surface area contributed by atoms with E-state index in [1.165, 1.54) is 7.11 Å². The Hall–Kier alpha value is -3.15. The van der Waals surface area contributed by atoms with Crippen LogP contribution in [0.3, 0.4) is 0 Å². The summed E-state index contributed by atoms with van der Waals surface area (Å²) >= 11 is 0. The highest BCUT2D eigenvalue weighted by atomic mass is 16.5. The fourth-order valence-corrected chi connectivity index (χ4v) is 2.36. The molecule has 0 saturated carbocycles. The van der Waals surface area contributed by atoms with Gasteiger partial charge < -0.3 is 15.4 Å². The molecular formula is C21H24N2O4. The first kappa shape index (κ1) is 20.2. The monoisotopic (exact) mass is 368 g/mol. The molecular weight excluding hydrogens is 344 g/mol. The number of rotatable bonds is 7. The maximum Gasteiger partial charge on any atom is 0.337 e.